The number of alkyl halides is 2. The molecule has 0 spiro atoms. The summed E-state index contributed by atoms with van der Waals surface area (Å²) in [7, 11) is 0. The molecule has 4 rings (SSSR count). The van der Waals surface area contributed by atoms with Crippen LogP contribution in [0.5, 0.6) is 0 Å². The second kappa shape index (κ2) is 12.6. The van der Waals surface area contributed by atoms with E-state index in [1.54, 1.807) is 0 Å². The average Bonchev–Trinajstić information content (AvgIpc) is 3.30. The van der Waals surface area contributed by atoms with Crippen LogP contribution in [-0.2, 0) is 20.4 Å². The largest absolute Gasteiger partial charge is 0.325 e. The van der Waals surface area contributed by atoms with Crippen molar-refractivity contribution in [3.05, 3.63) is 58.1 Å². The number of nitrogens with one attached hydrogen (secondary N) is 2. The third-order valence-corrected chi connectivity index (χ3v) is 8.51. The van der Waals surface area contributed by atoms with Crippen LogP contribution in [0.3, 0.4) is 0 Å². The number of fused-ring (bicyclic) bond motifs is 2. The molecule has 2 aromatic rings. The highest BCUT2D eigenvalue weighted by Gasteiger charge is 2.45. The number of carbonyl (C=O) groups is 2. The summed E-state index contributed by atoms with van der Waals surface area (Å²) in [6, 6.07) is 14.0. The summed E-state index contributed by atoms with van der Waals surface area (Å²) in [6.07, 6.45) is 7.34. The molecule has 4 nitrogen and oxygen atoms in total. The van der Waals surface area contributed by atoms with E-state index in [1.165, 1.54) is 0 Å². The fourth-order valence-electron chi connectivity index (χ4n) is 5.35. The van der Waals surface area contributed by atoms with E-state index in [4.69, 9.17) is 23.2 Å². The molecule has 2 unspecified atom stereocenters. The highest BCUT2D eigenvalue weighted by Crippen LogP contribution is 2.45. The normalized spacial score (nSPS) is 22.1. The molecule has 0 saturated heterocycles. The van der Waals surface area contributed by atoms with E-state index in [-0.39, 0.29) is 22.6 Å². The van der Waals surface area contributed by atoms with Crippen LogP contribution in [0.1, 0.15) is 76.3 Å². The molecule has 2 aliphatic rings. The number of unbranched alkanes of at least 4 members (excludes halogenated alkanes) is 2. The Bertz CT molecular complexity index is 1050. The molecule has 190 valence electrons. The van der Waals surface area contributed by atoms with E-state index in [1.807, 2.05) is 30.3 Å². The molecule has 2 aliphatic heterocycles. The molecule has 0 aromatic heterocycles. The summed E-state index contributed by atoms with van der Waals surface area (Å²) in [6.45, 7) is 4.17. The van der Waals surface area contributed by atoms with Gasteiger partial charge in [0, 0.05) is 27.6 Å². The Kier molecular flexibility index (Phi) is 10.1. The van der Waals surface area contributed by atoms with Gasteiger partial charge in [-0.1, -0.05) is 60.8 Å². The molecule has 0 radical (unpaired) electrons. The number of hydrogen-bond acceptors (Lipinski definition) is 2. The SMILES string of the molecule is CCC1(CCCCCl)C(=O)Nc2ccc(Br)cc21.CCC1(CCCCCl)C(=O)Nc2ccccc21. The number of halogens is 3. The molecule has 0 bridgehead atoms. The minimum Gasteiger partial charge on any atom is -0.325 e. The summed E-state index contributed by atoms with van der Waals surface area (Å²) in [5, 5.41) is 5.99. The lowest BCUT2D eigenvalue weighted by Crippen LogP contribution is -2.33. The third-order valence-electron chi connectivity index (χ3n) is 7.49. The lowest BCUT2D eigenvalue weighted by Gasteiger charge is -2.26. The maximum atomic E-state index is 12.3. The zero-order chi connectivity index (χ0) is 25.5. The van der Waals surface area contributed by atoms with E-state index >= 15 is 0 Å². The zero-order valence-corrected chi connectivity index (χ0v) is 23.7. The Morgan fingerprint density at radius 3 is 1.80 bits per heavy atom. The van der Waals surface area contributed by atoms with Crippen LogP contribution >= 0.6 is 39.1 Å². The minimum absolute atomic E-state index is 0.132. The number of hydrogen-bond donors (Lipinski definition) is 2. The van der Waals surface area contributed by atoms with Gasteiger partial charge < -0.3 is 10.6 Å². The zero-order valence-electron chi connectivity index (χ0n) is 20.6. The van der Waals surface area contributed by atoms with Gasteiger partial charge in [-0.05, 0) is 73.9 Å². The highest BCUT2D eigenvalue weighted by atomic mass is 79.9. The number of benzene rings is 2. The lowest BCUT2D eigenvalue weighted by atomic mass is 9.75. The topological polar surface area (TPSA) is 58.2 Å². The van der Waals surface area contributed by atoms with Gasteiger partial charge in [0.1, 0.15) is 0 Å². The smallest absolute Gasteiger partial charge is 0.235 e. The fourth-order valence-corrected chi connectivity index (χ4v) is 6.09. The number of carbonyl (C=O) groups excluding carboxylic acids is 2. The first-order valence-corrected chi connectivity index (χ1v) is 14.4. The molecular weight excluding hydrogens is 547 g/mol. The van der Waals surface area contributed by atoms with E-state index in [9.17, 15) is 9.59 Å². The third kappa shape index (κ3) is 5.73. The Balaban J connectivity index is 0.000000196. The van der Waals surface area contributed by atoms with Crippen LogP contribution in [-0.4, -0.2) is 23.6 Å². The van der Waals surface area contributed by atoms with Crippen molar-refractivity contribution >= 4 is 62.3 Å². The molecule has 2 atom stereocenters. The van der Waals surface area contributed by atoms with Crippen molar-refractivity contribution in [2.45, 2.75) is 76.0 Å². The number of rotatable bonds is 10. The van der Waals surface area contributed by atoms with Crippen LogP contribution in [0.25, 0.3) is 0 Å². The van der Waals surface area contributed by atoms with Gasteiger partial charge in [-0.15, -0.1) is 23.2 Å². The number of amides is 2. The van der Waals surface area contributed by atoms with Crippen molar-refractivity contribution in [3.8, 4) is 0 Å². The van der Waals surface area contributed by atoms with Crippen molar-refractivity contribution in [3.63, 3.8) is 0 Å². The monoisotopic (exact) mass is 580 g/mol. The van der Waals surface area contributed by atoms with Crippen molar-refractivity contribution in [1.29, 1.82) is 0 Å². The van der Waals surface area contributed by atoms with Gasteiger partial charge in [-0.2, -0.15) is 0 Å². The second-order valence-corrected chi connectivity index (χ2v) is 11.0. The molecule has 2 amide bonds. The first-order valence-electron chi connectivity index (χ1n) is 12.5. The maximum absolute atomic E-state index is 12.3. The van der Waals surface area contributed by atoms with Crippen LogP contribution in [0.15, 0.2) is 46.9 Å². The van der Waals surface area contributed by atoms with Crippen LogP contribution in [0.2, 0.25) is 0 Å². The Morgan fingerprint density at radius 2 is 1.26 bits per heavy atom. The van der Waals surface area contributed by atoms with Gasteiger partial charge in [-0.3, -0.25) is 9.59 Å². The van der Waals surface area contributed by atoms with Gasteiger partial charge in [0.2, 0.25) is 11.8 Å². The van der Waals surface area contributed by atoms with Crippen molar-refractivity contribution < 1.29 is 9.59 Å². The minimum atomic E-state index is -0.370. The van der Waals surface area contributed by atoms with E-state index in [0.717, 1.165) is 78.3 Å². The Morgan fingerprint density at radius 1 is 0.743 bits per heavy atom. The Hall–Kier alpha value is -1.56. The quantitative estimate of drug-likeness (QED) is 0.220. The lowest BCUT2D eigenvalue weighted by molar-refractivity contribution is -0.122. The molecule has 35 heavy (non-hydrogen) atoms. The van der Waals surface area contributed by atoms with Gasteiger partial charge >= 0.3 is 0 Å². The predicted molar refractivity (Wildman–Crippen MR) is 151 cm³/mol. The molecule has 2 heterocycles. The summed E-state index contributed by atoms with van der Waals surface area (Å²) >= 11 is 14.9. The molecule has 0 fully saturated rings. The number of para-hydroxylation sites is 1. The molecule has 2 N–H and O–H groups in total. The maximum Gasteiger partial charge on any atom is 0.235 e. The first-order chi connectivity index (χ1) is 16.9. The second-order valence-electron chi connectivity index (χ2n) is 9.31. The summed E-state index contributed by atoms with van der Waals surface area (Å²) < 4.78 is 1.02. The van der Waals surface area contributed by atoms with E-state index in [0.29, 0.717) is 11.8 Å². The summed E-state index contributed by atoms with van der Waals surface area (Å²) in [4.78, 5) is 24.6. The van der Waals surface area contributed by atoms with Gasteiger partial charge in [0.15, 0.2) is 0 Å². The molecule has 7 heteroatoms. The van der Waals surface area contributed by atoms with Gasteiger partial charge in [0.25, 0.3) is 0 Å². The van der Waals surface area contributed by atoms with E-state index < -0.39 is 0 Å². The van der Waals surface area contributed by atoms with Crippen molar-refractivity contribution in [1.82, 2.24) is 0 Å². The molecular formula is C28H35BrCl2N2O2. The predicted octanol–water partition coefficient (Wildman–Crippen LogP) is 8.15. The standard InChI is InChI=1S/C14H17BrClNO.C14H18ClNO/c1-2-14(7-3-4-8-16)11-9-10(15)5-6-12(11)17-13(14)18;1-2-14(9-5-6-10-15)11-7-3-4-8-12(11)16-13(14)17/h5-6,9H,2-4,7-8H2,1H3,(H,17,18);3-4,7-8H,2,5-6,9-10H2,1H3,(H,16,17). The van der Waals surface area contributed by atoms with Gasteiger partial charge in [0.05, 0.1) is 10.8 Å². The van der Waals surface area contributed by atoms with Gasteiger partial charge in [-0.25, -0.2) is 0 Å². The molecule has 0 aliphatic carbocycles. The summed E-state index contributed by atoms with van der Waals surface area (Å²) in [5.74, 6) is 1.61. The van der Waals surface area contributed by atoms with Crippen molar-refractivity contribution in [2.24, 2.45) is 0 Å². The molecule has 0 saturated carbocycles. The van der Waals surface area contributed by atoms with Crippen LogP contribution < -0.4 is 10.6 Å². The highest BCUT2D eigenvalue weighted by molar-refractivity contribution is 9.10. The number of anilines is 2. The van der Waals surface area contributed by atoms with Crippen molar-refractivity contribution in [2.75, 3.05) is 22.4 Å². The van der Waals surface area contributed by atoms with Crippen LogP contribution in [0.4, 0.5) is 11.4 Å². The average molecular weight is 582 g/mol. The van der Waals surface area contributed by atoms with Crippen LogP contribution in [0, 0.1) is 0 Å². The fraction of sp³-hybridized carbons (Fsp3) is 0.500. The molecule has 2 aromatic carbocycles. The summed E-state index contributed by atoms with van der Waals surface area (Å²) in [5.41, 5.74) is 3.51. The Labute approximate surface area is 227 Å². The first kappa shape index (κ1) is 28.0. The van der Waals surface area contributed by atoms with E-state index in [2.05, 4.69) is 52.5 Å².